The van der Waals surface area contributed by atoms with Gasteiger partial charge in [0, 0.05) is 30.6 Å². The summed E-state index contributed by atoms with van der Waals surface area (Å²) in [6.45, 7) is 5.53. The van der Waals surface area contributed by atoms with Gasteiger partial charge >= 0.3 is 5.97 Å². The van der Waals surface area contributed by atoms with Gasteiger partial charge in [0.15, 0.2) is 9.84 Å². The number of nitrogens with zero attached hydrogens (tertiary/aromatic N) is 1. The van der Waals surface area contributed by atoms with Gasteiger partial charge in [0.2, 0.25) is 0 Å². The zero-order valence-corrected chi connectivity index (χ0v) is 16.2. The fraction of sp³-hybridized carbons (Fsp3) is 0.350. The summed E-state index contributed by atoms with van der Waals surface area (Å²) in [4.78, 5) is 13.7. The predicted octanol–water partition coefficient (Wildman–Crippen LogP) is 4.08. The molecule has 0 unspecified atom stereocenters. The number of hydrogen-bond donors (Lipinski definition) is 1. The number of anilines is 1. The standard InChI is InChI=1S/C20H25NO4S/c1-4-11-21(12-5-2)17-13-16(20(22)23)14-18(26(3,24)25)19(17)15-9-7-6-8-10-15/h6-10,13-14H,4-5,11-12H2,1-3H3,(H,22,23). The monoisotopic (exact) mass is 375 g/mol. The highest BCUT2D eigenvalue weighted by Crippen LogP contribution is 2.38. The van der Waals surface area contributed by atoms with Crippen LogP contribution in [0.25, 0.3) is 11.1 Å². The molecule has 0 saturated heterocycles. The molecule has 1 N–H and O–H groups in total. The van der Waals surface area contributed by atoms with Crippen molar-refractivity contribution in [1.29, 1.82) is 0 Å². The van der Waals surface area contributed by atoms with Crippen LogP contribution in [0.4, 0.5) is 5.69 Å². The SMILES string of the molecule is CCCN(CCC)c1cc(C(=O)O)cc(S(C)(=O)=O)c1-c1ccccc1. The Morgan fingerprint density at radius 3 is 2.08 bits per heavy atom. The second-order valence-electron chi connectivity index (χ2n) is 6.30. The number of sulfone groups is 1. The topological polar surface area (TPSA) is 74.7 Å². The molecule has 5 nitrogen and oxygen atoms in total. The smallest absolute Gasteiger partial charge is 0.335 e. The van der Waals surface area contributed by atoms with Gasteiger partial charge in [0.25, 0.3) is 0 Å². The van der Waals surface area contributed by atoms with Crippen molar-refractivity contribution in [3.05, 3.63) is 48.0 Å². The molecule has 0 fully saturated rings. The predicted molar refractivity (Wildman–Crippen MR) is 105 cm³/mol. The average molecular weight is 375 g/mol. The third-order valence-corrected chi connectivity index (χ3v) is 5.24. The third-order valence-electron chi connectivity index (χ3n) is 4.12. The van der Waals surface area contributed by atoms with Crippen LogP contribution in [0.3, 0.4) is 0 Å². The summed E-state index contributed by atoms with van der Waals surface area (Å²) in [6, 6.07) is 12.1. The molecule has 0 amide bonds. The highest BCUT2D eigenvalue weighted by molar-refractivity contribution is 7.90. The number of carboxylic acid groups (broad SMARTS) is 1. The van der Waals surface area contributed by atoms with Crippen molar-refractivity contribution >= 4 is 21.5 Å². The van der Waals surface area contributed by atoms with Crippen molar-refractivity contribution in [2.75, 3.05) is 24.2 Å². The quantitative estimate of drug-likeness (QED) is 0.752. The van der Waals surface area contributed by atoms with Crippen LogP contribution in [-0.2, 0) is 9.84 Å². The minimum Gasteiger partial charge on any atom is -0.478 e. The first-order valence-corrected chi connectivity index (χ1v) is 10.6. The first-order valence-electron chi connectivity index (χ1n) is 8.71. The summed E-state index contributed by atoms with van der Waals surface area (Å²) < 4.78 is 25.0. The maximum absolute atomic E-state index is 12.5. The van der Waals surface area contributed by atoms with E-state index in [2.05, 4.69) is 4.90 Å². The van der Waals surface area contributed by atoms with Gasteiger partial charge in [-0.2, -0.15) is 0 Å². The van der Waals surface area contributed by atoms with E-state index in [9.17, 15) is 18.3 Å². The van der Waals surface area contributed by atoms with E-state index < -0.39 is 15.8 Å². The minimum atomic E-state index is -3.61. The molecule has 2 aromatic rings. The van der Waals surface area contributed by atoms with Crippen LogP contribution >= 0.6 is 0 Å². The molecule has 0 atom stereocenters. The van der Waals surface area contributed by atoms with Crippen LogP contribution < -0.4 is 4.90 Å². The van der Waals surface area contributed by atoms with Crippen molar-refractivity contribution in [3.63, 3.8) is 0 Å². The molecule has 140 valence electrons. The molecule has 26 heavy (non-hydrogen) atoms. The number of aromatic carboxylic acids is 1. The Hall–Kier alpha value is -2.34. The highest BCUT2D eigenvalue weighted by Gasteiger charge is 2.24. The molecule has 0 heterocycles. The van der Waals surface area contributed by atoms with E-state index in [1.54, 1.807) is 6.07 Å². The fourth-order valence-corrected chi connectivity index (χ4v) is 3.99. The average Bonchev–Trinajstić information content (AvgIpc) is 2.60. The van der Waals surface area contributed by atoms with Crippen molar-refractivity contribution < 1.29 is 18.3 Å². The molecule has 0 aliphatic carbocycles. The Balaban J connectivity index is 2.89. The van der Waals surface area contributed by atoms with Crippen LogP contribution in [0.15, 0.2) is 47.4 Å². The second-order valence-corrected chi connectivity index (χ2v) is 8.28. The largest absolute Gasteiger partial charge is 0.478 e. The normalized spacial score (nSPS) is 11.3. The molecule has 2 rings (SSSR count). The van der Waals surface area contributed by atoms with Crippen molar-refractivity contribution in [2.24, 2.45) is 0 Å². The van der Waals surface area contributed by atoms with Gasteiger partial charge < -0.3 is 10.0 Å². The number of hydrogen-bond acceptors (Lipinski definition) is 4. The maximum atomic E-state index is 12.5. The van der Waals surface area contributed by atoms with Crippen LogP contribution in [0.2, 0.25) is 0 Å². The number of benzene rings is 2. The number of rotatable bonds is 8. The van der Waals surface area contributed by atoms with E-state index in [0.29, 0.717) is 11.3 Å². The van der Waals surface area contributed by atoms with Gasteiger partial charge in [-0.3, -0.25) is 0 Å². The van der Waals surface area contributed by atoms with E-state index >= 15 is 0 Å². The lowest BCUT2D eigenvalue weighted by atomic mass is 10.00. The van der Waals surface area contributed by atoms with Gasteiger partial charge in [-0.1, -0.05) is 44.2 Å². The summed E-state index contributed by atoms with van der Waals surface area (Å²) in [5.41, 5.74) is 1.97. The van der Waals surface area contributed by atoms with Crippen LogP contribution in [0, 0.1) is 0 Å². The number of carbonyl (C=O) groups is 1. The molecule has 2 aromatic carbocycles. The molecule has 0 radical (unpaired) electrons. The molecule has 0 saturated carbocycles. The van der Waals surface area contributed by atoms with Crippen molar-refractivity contribution in [3.8, 4) is 11.1 Å². The molecular formula is C20H25NO4S. The first-order chi connectivity index (χ1) is 12.3. The van der Waals surface area contributed by atoms with Crippen LogP contribution in [0.5, 0.6) is 0 Å². The van der Waals surface area contributed by atoms with E-state index in [1.165, 1.54) is 6.07 Å². The Kier molecular flexibility index (Phi) is 6.42. The van der Waals surface area contributed by atoms with E-state index in [-0.39, 0.29) is 10.5 Å². The summed E-state index contributed by atoms with van der Waals surface area (Å²) in [7, 11) is -3.61. The molecule has 0 aliphatic rings. The van der Waals surface area contributed by atoms with Crippen LogP contribution in [-0.4, -0.2) is 38.8 Å². The van der Waals surface area contributed by atoms with Gasteiger partial charge in [0.1, 0.15) is 0 Å². The molecule has 0 bridgehead atoms. The Labute approximate surface area is 155 Å². The fourth-order valence-electron chi connectivity index (χ4n) is 3.05. The third kappa shape index (κ3) is 4.43. The summed E-state index contributed by atoms with van der Waals surface area (Å²) in [5, 5.41) is 9.49. The zero-order chi connectivity index (χ0) is 19.3. The molecule has 0 aliphatic heterocycles. The van der Waals surface area contributed by atoms with Gasteiger partial charge in [-0.15, -0.1) is 0 Å². The lowest BCUT2D eigenvalue weighted by Gasteiger charge is -2.28. The van der Waals surface area contributed by atoms with Crippen molar-refractivity contribution in [1.82, 2.24) is 0 Å². The van der Waals surface area contributed by atoms with Crippen molar-refractivity contribution in [2.45, 2.75) is 31.6 Å². The number of carboxylic acids is 1. The molecule has 0 aromatic heterocycles. The Bertz CT molecular complexity index is 870. The lowest BCUT2D eigenvalue weighted by Crippen LogP contribution is -2.26. The lowest BCUT2D eigenvalue weighted by molar-refractivity contribution is 0.0696. The highest BCUT2D eigenvalue weighted by atomic mass is 32.2. The zero-order valence-electron chi connectivity index (χ0n) is 15.4. The summed E-state index contributed by atoms with van der Waals surface area (Å²) >= 11 is 0. The van der Waals surface area contributed by atoms with E-state index in [0.717, 1.165) is 37.8 Å². The first kappa shape index (κ1) is 20.0. The van der Waals surface area contributed by atoms with E-state index in [1.807, 2.05) is 44.2 Å². The minimum absolute atomic E-state index is 0.0164. The molecule has 6 heteroatoms. The second kappa shape index (κ2) is 8.36. The molecule has 0 spiro atoms. The summed E-state index contributed by atoms with van der Waals surface area (Å²) in [6.07, 6.45) is 2.87. The van der Waals surface area contributed by atoms with Gasteiger partial charge in [0.05, 0.1) is 10.5 Å². The van der Waals surface area contributed by atoms with E-state index in [4.69, 9.17) is 0 Å². The summed E-state index contributed by atoms with van der Waals surface area (Å²) in [5.74, 6) is -1.14. The Morgan fingerprint density at radius 1 is 1.04 bits per heavy atom. The van der Waals surface area contributed by atoms with Gasteiger partial charge in [-0.05, 0) is 30.5 Å². The van der Waals surface area contributed by atoms with Gasteiger partial charge in [-0.25, -0.2) is 13.2 Å². The Morgan fingerprint density at radius 2 is 1.62 bits per heavy atom. The molecular weight excluding hydrogens is 350 g/mol. The van der Waals surface area contributed by atoms with Crippen LogP contribution in [0.1, 0.15) is 37.0 Å². The maximum Gasteiger partial charge on any atom is 0.335 e.